The van der Waals surface area contributed by atoms with Crippen molar-refractivity contribution in [1.82, 2.24) is 0 Å². The van der Waals surface area contributed by atoms with Crippen molar-refractivity contribution in [2.75, 3.05) is 7.11 Å². The summed E-state index contributed by atoms with van der Waals surface area (Å²) in [6.07, 6.45) is 4.06. The summed E-state index contributed by atoms with van der Waals surface area (Å²) < 4.78 is 4.62. The van der Waals surface area contributed by atoms with E-state index in [4.69, 9.17) is 5.11 Å². The fourth-order valence-electron chi connectivity index (χ4n) is 2.04. The van der Waals surface area contributed by atoms with Crippen LogP contribution in [0.3, 0.4) is 0 Å². The first-order chi connectivity index (χ1) is 6.66. The van der Waals surface area contributed by atoms with Crippen LogP contribution in [-0.2, 0) is 14.3 Å². The summed E-state index contributed by atoms with van der Waals surface area (Å²) >= 11 is 0. The van der Waals surface area contributed by atoms with Crippen molar-refractivity contribution < 1.29 is 19.4 Å². The Morgan fingerprint density at radius 1 is 1.14 bits per heavy atom. The van der Waals surface area contributed by atoms with Crippen molar-refractivity contribution in [2.45, 2.75) is 32.1 Å². The lowest BCUT2D eigenvalue weighted by atomic mass is 9.88. The Hall–Kier alpha value is -1.06. The van der Waals surface area contributed by atoms with E-state index < -0.39 is 17.8 Å². The lowest BCUT2D eigenvalue weighted by Gasteiger charge is -2.18. The zero-order chi connectivity index (χ0) is 10.6. The first-order valence-electron chi connectivity index (χ1n) is 4.97. The minimum Gasteiger partial charge on any atom is -0.481 e. The van der Waals surface area contributed by atoms with Gasteiger partial charge in [-0.15, -0.1) is 0 Å². The van der Waals surface area contributed by atoms with Crippen LogP contribution in [0.25, 0.3) is 0 Å². The van der Waals surface area contributed by atoms with E-state index in [2.05, 4.69) is 4.74 Å². The quantitative estimate of drug-likeness (QED) is 0.541. The van der Waals surface area contributed by atoms with Gasteiger partial charge in [0.25, 0.3) is 0 Å². The number of rotatable bonds is 2. The summed E-state index contributed by atoms with van der Waals surface area (Å²) in [6, 6.07) is 0. The maximum Gasteiger partial charge on any atom is 0.309 e. The number of ether oxygens (including phenoxy) is 1. The number of carboxylic acids is 1. The Balaban J connectivity index is 2.73. The van der Waals surface area contributed by atoms with Gasteiger partial charge in [0.2, 0.25) is 0 Å². The minimum atomic E-state index is -0.873. The average molecular weight is 200 g/mol. The topological polar surface area (TPSA) is 63.6 Å². The number of esters is 1. The van der Waals surface area contributed by atoms with E-state index in [0.717, 1.165) is 19.3 Å². The number of aliphatic carboxylic acids is 1. The molecule has 0 aromatic rings. The normalized spacial score (nSPS) is 27.8. The van der Waals surface area contributed by atoms with Crippen LogP contribution in [0.15, 0.2) is 0 Å². The van der Waals surface area contributed by atoms with Crippen molar-refractivity contribution >= 4 is 11.9 Å². The van der Waals surface area contributed by atoms with E-state index in [0.29, 0.717) is 12.8 Å². The van der Waals surface area contributed by atoms with Crippen LogP contribution in [0.5, 0.6) is 0 Å². The van der Waals surface area contributed by atoms with Crippen molar-refractivity contribution in [1.29, 1.82) is 0 Å². The van der Waals surface area contributed by atoms with Crippen LogP contribution in [0.2, 0.25) is 0 Å². The Labute approximate surface area is 83.2 Å². The number of methoxy groups -OCH3 is 1. The molecule has 1 aliphatic carbocycles. The third kappa shape index (κ3) is 2.47. The lowest BCUT2D eigenvalue weighted by Crippen LogP contribution is -2.29. The second kappa shape index (κ2) is 4.98. The first-order valence-corrected chi connectivity index (χ1v) is 4.97. The Morgan fingerprint density at radius 3 is 2.21 bits per heavy atom. The van der Waals surface area contributed by atoms with Crippen LogP contribution in [0.4, 0.5) is 0 Å². The third-order valence-corrected chi connectivity index (χ3v) is 2.84. The van der Waals surface area contributed by atoms with Crippen molar-refractivity contribution in [3.8, 4) is 0 Å². The predicted molar refractivity (Wildman–Crippen MR) is 49.7 cm³/mol. The van der Waals surface area contributed by atoms with Gasteiger partial charge in [0.15, 0.2) is 0 Å². The van der Waals surface area contributed by atoms with Crippen molar-refractivity contribution in [2.24, 2.45) is 11.8 Å². The molecule has 1 aliphatic rings. The van der Waals surface area contributed by atoms with Gasteiger partial charge in [-0.25, -0.2) is 0 Å². The number of carboxylic acid groups (broad SMARTS) is 1. The largest absolute Gasteiger partial charge is 0.481 e. The van der Waals surface area contributed by atoms with Crippen LogP contribution in [-0.4, -0.2) is 24.2 Å². The molecule has 2 atom stereocenters. The molecule has 0 heterocycles. The predicted octanol–water partition coefficient (Wildman–Crippen LogP) is 1.44. The van der Waals surface area contributed by atoms with Gasteiger partial charge < -0.3 is 9.84 Å². The molecule has 14 heavy (non-hydrogen) atoms. The first kappa shape index (κ1) is 11.0. The van der Waals surface area contributed by atoms with E-state index in [1.807, 2.05) is 0 Å². The lowest BCUT2D eigenvalue weighted by molar-refractivity contribution is -0.156. The average Bonchev–Trinajstić information content (AvgIpc) is 2.41. The highest BCUT2D eigenvalue weighted by atomic mass is 16.5. The molecule has 0 spiro atoms. The summed E-state index contributed by atoms with van der Waals surface area (Å²) in [5, 5.41) is 8.97. The molecule has 0 unspecified atom stereocenters. The van der Waals surface area contributed by atoms with Crippen molar-refractivity contribution in [3.63, 3.8) is 0 Å². The zero-order valence-electron chi connectivity index (χ0n) is 8.36. The maximum absolute atomic E-state index is 11.3. The molecule has 1 N–H and O–H groups in total. The Kier molecular flexibility index (Phi) is 3.92. The van der Waals surface area contributed by atoms with Gasteiger partial charge in [0.1, 0.15) is 0 Å². The fourth-order valence-corrected chi connectivity index (χ4v) is 2.04. The van der Waals surface area contributed by atoms with Gasteiger partial charge in [-0.2, -0.15) is 0 Å². The molecule has 4 heteroatoms. The number of carbonyl (C=O) groups is 2. The second-order valence-corrected chi connectivity index (χ2v) is 3.71. The van der Waals surface area contributed by atoms with Crippen molar-refractivity contribution in [3.05, 3.63) is 0 Å². The highest BCUT2D eigenvalue weighted by Crippen LogP contribution is 2.29. The van der Waals surface area contributed by atoms with E-state index in [-0.39, 0.29) is 5.97 Å². The fraction of sp³-hybridized carbons (Fsp3) is 0.800. The summed E-state index contributed by atoms with van der Waals surface area (Å²) in [4.78, 5) is 22.3. The molecule has 0 aliphatic heterocycles. The molecule has 1 fully saturated rings. The molecule has 80 valence electrons. The molecular formula is C10H16O4. The highest BCUT2D eigenvalue weighted by molar-refractivity contribution is 5.81. The molecule has 0 saturated heterocycles. The van der Waals surface area contributed by atoms with Crippen LogP contribution in [0, 0.1) is 11.8 Å². The van der Waals surface area contributed by atoms with Gasteiger partial charge in [0.05, 0.1) is 18.9 Å². The molecule has 1 rings (SSSR count). The standard InChI is InChI=1S/C10H16O4/c1-14-10(13)8-6-4-2-3-5-7(8)9(11)12/h7-8H,2-6H2,1H3,(H,11,12)/t7-,8+/m1/s1. The molecule has 0 aromatic carbocycles. The molecule has 4 nitrogen and oxygen atoms in total. The van der Waals surface area contributed by atoms with Crippen LogP contribution >= 0.6 is 0 Å². The van der Waals surface area contributed by atoms with E-state index in [1.165, 1.54) is 7.11 Å². The van der Waals surface area contributed by atoms with Gasteiger partial charge in [-0.3, -0.25) is 9.59 Å². The van der Waals surface area contributed by atoms with Crippen LogP contribution in [0.1, 0.15) is 32.1 Å². The summed E-state index contributed by atoms with van der Waals surface area (Å²) in [5.41, 5.74) is 0. The number of hydrogen-bond donors (Lipinski definition) is 1. The van der Waals surface area contributed by atoms with Gasteiger partial charge in [-0.1, -0.05) is 19.3 Å². The van der Waals surface area contributed by atoms with E-state index in [9.17, 15) is 9.59 Å². The maximum atomic E-state index is 11.3. The Morgan fingerprint density at radius 2 is 1.71 bits per heavy atom. The van der Waals surface area contributed by atoms with E-state index in [1.54, 1.807) is 0 Å². The van der Waals surface area contributed by atoms with Crippen LogP contribution < -0.4 is 0 Å². The smallest absolute Gasteiger partial charge is 0.309 e. The molecular weight excluding hydrogens is 184 g/mol. The monoisotopic (exact) mass is 200 g/mol. The minimum absolute atomic E-state index is 0.376. The molecule has 1 saturated carbocycles. The van der Waals surface area contributed by atoms with Gasteiger partial charge in [-0.05, 0) is 12.8 Å². The highest BCUT2D eigenvalue weighted by Gasteiger charge is 2.35. The molecule has 0 radical (unpaired) electrons. The Bertz CT molecular complexity index is 224. The second-order valence-electron chi connectivity index (χ2n) is 3.71. The molecule has 0 bridgehead atoms. The number of carbonyl (C=O) groups excluding carboxylic acids is 1. The molecule has 0 amide bonds. The number of hydrogen-bond acceptors (Lipinski definition) is 3. The SMILES string of the molecule is COC(=O)[C@H]1CCCCC[C@H]1C(=O)O. The van der Waals surface area contributed by atoms with Gasteiger partial charge in [0, 0.05) is 0 Å². The summed E-state index contributed by atoms with van der Waals surface area (Å²) in [5.74, 6) is -2.24. The molecule has 0 aromatic heterocycles. The third-order valence-electron chi connectivity index (χ3n) is 2.84. The summed E-state index contributed by atoms with van der Waals surface area (Å²) in [7, 11) is 1.31. The zero-order valence-corrected chi connectivity index (χ0v) is 8.36. The van der Waals surface area contributed by atoms with E-state index >= 15 is 0 Å². The van der Waals surface area contributed by atoms with Gasteiger partial charge >= 0.3 is 11.9 Å². The summed E-state index contributed by atoms with van der Waals surface area (Å²) in [6.45, 7) is 0.